The van der Waals surface area contributed by atoms with Crippen molar-refractivity contribution in [3.05, 3.63) is 58.6 Å². The monoisotopic (exact) mass is 359 g/mol. The molecule has 2 aromatic rings. The van der Waals surface area contributed by atoms with Crippen molar-refractivity contribution >= 4 is 29.3 Å². The van der Waals surface area contributed by atoms with Crippen molar-refractivity contribution in [3.63, 3.8) is 0 Å². The molecule has 1 amide bonds. The maximum absolute atomic E-state index is 12.1. The summed E-state index contributed by atoms with van der Waals surface area (Å²) in [5.74, 6) is 1.07. The third-order valence-corrected chi connectivity index (χ3v) is 3.82. The van der Waals surface area contributed by atoms with Gasteiger partial charge < -0.3 is 14.8 Å². The van der Waals surface area contributed by atoms with Gasteiger partial charge in [0.05, 0.1) is 13.2 Å². The molecule has 0 aliphatic rings. The number of methoxy groups -OCH3 is 1. The summed E-state index contributed by atoms with van der Waals surface area (Å²) in [6, 6.07) is 10.9. The molecule has 5 heteroatoms. The van der Waals surface area contributed by atoms with Gasteiger partial charge in [0.15, 0.2) is 11.5 Å². The second-order valence-corrected chi connectivity index (χ2v) is 6.27. The number of hydrogen-bond acceptors (Lipinski definition) is 3. The van der Waals surface area contributed by atoms with Crippen molar-refractivity contribution in [2.75, 3.05) is 12.4 Å². The van der Waals surface area contributed by atoms with Crippen molar-refractivity contribution < 1.29 is 14.3 Å². The molecule has 0 aromatic heterocycles. The molecule has 0 aliphatic carbocycles. The van der Waals surface area contributed by atoms with E-state index in [1.165, 1.54) is 6.08 Å². The summed E-state index contributed by atoms with van der Waals surface area (Å²) >= 11 is 6.06. The van der Waals surface area contributed by atoms with Crippen molar-refractivity contribution in [1.29, 1.82) is 0 Å². The number of carbonyl (C=O) groups excluding carboxylic acids is 1. The normalized spacial score (nSPS) is 11.0. The fourth-order valence-corrected chi connectivity index (χ4v) is 2.35. The Kier molecular flexibility index (Phi) is 6.48. The standard InChI is InChI=1S/C20H22ClNO3/c1-13(2)25-18-9-6-15(11-19(18)24-4)7-10-20(23)22-16-8-5-14(3)17(21)12-16/h5-13H,1-4H3,(H,22,23). The van der Waals surface area contributed by atoms with Crippen LogP contribution in [0.2, 0.25) is 5.02 Å². The Balaban J connectivity index is 2.07. The summed E-state index contributed by atoms with van der Waals surface area (Å²) < 4.78 is 11.0. The molecule has 132 valence electrons. The number of aryl methyl sites for hydroxylation is 1. The Morgan fingerprint density at radius 1 is 1.16 bits per heavy atom. The summed E-state index contributed by atoms with van der Waals surface area (Å²) in [6.07, 6.45) is 3.24. The van der Waals surface area contributed by atoms with E-state index in [2.05, 4.69) is 5.32 Å². The lowest BCUT2D eigenvalue weighted by atomic mass is 10.2. The Hall–Kier alpha value is -2.46. The van der Waals surface area contributed by atoms with E-state index in [1.54, 1.807) is 19.3 Å². The van der Waals surface area contributed by atoms with Gasteiger partial charge >= 0.3 is 0 Å². The first-order valence-corrected chi connectivity index (χ1v) is 8.36. The summed E-state index contributed by atoms with van der Waals surface area (Å²) in [6.45, 7) is 5.82. The number of nitrogens with one attached hydrogen (secondary N) is 1. The molecular formula is C20H22ClNO3. The zero-order valence-corrected chi connectivity index (χ0v) is 15.6. The van der Waals surface area contributed by atoms with Gasteiger partial charge in [-0.05, 0) is 62.2 Å². The van der Waals surface area contributed by atoms with Crippen LogP contribution in [0.3, 0.4) is 0 Å². The van der Waals surface area contributed by atoms with Gasteiger partial charge in [-0.2, -0.15) is 0 Å². The lowest BCUT2D eigenvalue weighted by Gasteiger charge is -2.13. The van der Waals surface area contributed by atoms with Gasteiger partial charge in [-0.25, -0.2) is 0 Å². The van der Waals surface area contributed by atoms with Crippen LogP contribution in [0.5, 0.6) is 11.5 Å². The maximum atomic E-state index is 12.1. The third kappa shape index (κ3) is 5.54. The lowest BCUT2D eigenvalue weighted by molar-refractivity contribution is -0.111. The van der Waals surface area contributed by atoms with E-state index in [1.807, 2.05) is 51.1 Å². The SMILES string of the molecule is COc1cc(C=CC(=O)Nc2ccc(C)c(Cl)c2)ccc1OC(C)C. The number of rotatable bonds is 6. The van der Waals surface area contributed by atoms with E-state index in [9.17, 15) is 4.79 Å². The van der Waals surface area contributed by atoms with Gasteiger partial charge in [0.25, 0.3) is 0 Å². The number of hydrogen-bond donors (Lipinski definition) is 1. The van der Waals surface area contributed by atoms with Crippen LogP contribution in [-0.2, 0) is 4.79 Å². The molecule has 0 saturated heterocycles. The lowest BCUT2D eigenvalue weighted by Crippen LogP contribution is -2.08. The molecule has 0 heterocycles. The zero-order valence-electron chi connectivity index (χ0n) is 14.8. The first-order valence-electron chi connectivity index (χ1n) is 7.99. The fraction of sp³-hybridized carbons (Fsp3) is 0.250. The predicted molar refractivity (Wildman–Crippen MR) is 103 cm³/mol. The molecule has 0 spiro atoms. The fourth-order valence-electron chi connectivity index (χ4n) is 2.17. The molecule has 2 aromatic carbocycles. The first kappa shape index (κ1) is 18.9. The molecule has 2 rings (SSSR count). The van der Waals surface area contributed by atoms with Crippen LogP contribution in [0.15, 0.2) is 42.5 Å². The van der Waals surface area contributed by atoms with Gasteiger partial charge in [0.1, 0.15) is 0 Å². The zero-order chi connectivity index (χ0) is 18.4. The van der Waals surface area contributed by atoms with Gasteiger partial charge in [-0.1, -0.05) is 23.7 Å². The molecule has 1 N–H and O–H groups in total. The highest BCUT2D eigenvalue weighted by Gasteiger charge is 2.07. The van der Waals surface area contributed by atoms with E-state index in [4.69, 9.17) is 21.1 Å². The smallest absolute Gasteiger partial charge is 0.248 e. The van der Waals surface area contributed by atoms with E-state index in [-0.39, 0.29) is 12.0 Å². The van der Waals surface area contributed by atoms with Crippen molar-refractivity contribution in [1.82, 2.24) is 0 Å². The Labute approximate surface area is 153 Å². The van der Waals surface area contributed by atoms with Crippen molar-refractivity contribution in [2.45, 2.75) is 26.9 Å². The summed E-state index contributed by atoms with van der Waals surface area (Å²) in [4.78, 5) is 12.1. The topological polar surface area (TPSA) is 47.6 Å². The molecule has 0 bridgehead atoms. The number of halogens is 1. The highest BCUT2D eigenvalue weighted by atomic mass is 35.5. The number of benzene rings is 2. The van der Waals surface area contributed by atoms with Crippen molar-refractivity contribution in [2.24, 2.45) is 0 Å². The summed E-state index contributed by atoms with van der Waals surface area (Å²) in [5, 5.41) is 3.40. The second-order valence-electron chi connectivity index (χ2n) is 5.86. The van der Waals surface area contributed by atoms with Crippen LogP contribution in [0, 0.1) is 6.92 Å². The molecule has 0 fully saturated rings. The molecule has 0 radical (unpaired) electrons. The molecule has 4 nitrogen and oxygen atoms in total. The predicted octanol–water partition coefficient (Wildman–Crippen LogP) is 5.10. The van der Waals surface area contributed by atoms with Crippen molar-refractivity contribution in [3.8, 4) is 11.5 Å². The largest absolute Gasteiger partial charge is 0.493 e. The van der Waals surface area contributed by atoms with Crippen LogP contribution in [-0.4, -0.2) is 19.1 Å². The highest BCUT2D eigenvalue weighted by Crippen LogP contribution is 2.29. The average molecular weight is 360 g/mol. The summed E-state index contributed by atoms with van der Waals surface area (Å²) in [5.41, 5.74) is 2.46. The van der Waals surface area contributed by atoms with Crippen LogP contribution < -0.4 is 14.8 Å². The third-order valence-electron chi connectivity index (χ3n) is 3.42. The van der Waals surface area contributed by atoms with Crippen LogP contribution in [0.1, 0.15) is 25.0 Å². The van der Waals surface area contributed by atoms with Crippen LogP contribution in [0.25, 0.3) is 6.08 Å². The Morgan fingerprint density at radius 3 is 2.56 bits per heavy atom. The van der Waals surface area contributed by atoms with E-state index >= 15 is 0 Å². The molecular weight excluding hydrogens is 338 g/mol. The number of anilines is 1. The average Bonchev–Trinajstić information content (AvgIpc) is 2.57. The number of amides is 1. The molecule has 25 heavy (non-hydrogen) atoms. The maximum Gasteiger partial charge on any atom is 0.248 e. The number of ether oxygens (including phenoxy) is 2. The van der Waals surface area contributed by atoms with Gasteiger partial charge in [-0.15, -0.1) is 0 Å². The number of carbonyl (C=O) groups is 1. The Morgan fingerprint density at radius 2 is 1.92 bits per heavy atom. The van der Waals surface area contributed by atoms with Gasteiger partial charge in [-0.3, -0.25) is 4.79 Å². The van der Waals surface area contributed by atoms with Gasteiger partial charge in [0, 0.05) is 16.8 Å². The Bertz CT molecular complexity index is 785. The van der Waals surface area contributed by atoms with E-state index < -0.39 is 0 Å². The van der Waals surface area contributed by atoms with E-state index in [0.717, 1.165) is 11.1 Å². The quantitative estimate of drug-likeness (QED) is 0.730. The molecule has 0 atom stereocenters. The highest BCUT2D eigenvalue weighted by molar-refractivity contribution is 6.31. The minimum atomic E-state index is -0.235. The second kappa shape index (κ2) is 8.58. The minimum Gasteiger partial charge on any atom is -0.493 e. The van der Waals surface area contributed by atoms with Gasteiger partial charge in [0.2, 0.25) is 5.91 Å². The molecule has 0 saturated carbocycles. The van der Waals surface area contributed by atoms with Crippen LogP contribution >= 0.6 is 11.6 Å². The van der Waals surface area contributed by atoms with Crippen LogP contribution in [0.4, 0.5) is 5.69 Å². The van der Waals surface area contributed by atoms with E-state index in [0.29, 0.717) is 22.2 Å². The molecule has 0 aliphatic heterocycles. The molecule has 0 unspecified atom stereocenters. The minimum absolute atomic E-state index is 0.0578. The first-order chi connectivity index (χ1) is 11.9. The summed E-state index contributed by atoms with van der Waals surface area (Å²) in [7, 11) is 1.59.